The third kappa shape index (κ3) is 4.17. The molecule has 1 saturated carbocycles. The highest BCUT2D eigenvalue weighted by Gasteiger charge is 2.31. The fraction of sp³-hybridized carbons (Fsp3) is 0.706. The summed E-state index contributed by atoms with van der Waals surface area (Å²) in [6, 6.07) is 4.86. The van der Waals surface area contributed by atoms with Crippen molar-refractivity contribution in [1.82, 2.24) is 15.2 Å². The molecule has 0 bridgehead atoms. The number of pyridine rings is 1. The molecule has 1 aliphatic carbocycles. The topological polar surface area (TPSA) is 37.4 Å². The van der Waals surface area contributed by atoms with Crippen LogP contribution in [0.15, 0.2) is 12.1 Å². The Hall–Kier alpha value is -1.13. The predicted molar refractivity (Wildman–Crippen MR) is 84.6 cm³/mol. The SMILES string of the molecule is COc1cc(C)nc(CN(CC2CCCNC2)C2CC2)c1. The Morgan fingerprint density at radius 3 is 2.86 bits per heavy atom. The summed E-state index contributed by atoms with van der Waals surface area (Å²) in [6.07, 6.45) is 5.38. The van der Waals surface area contributed by atoms with E-state index in [0.717, 1.165) is 35.6 Å². The lowest BCUT2D eigenvalue weighted by atomic mass is 9.99. The molecule has 116 valence electrons. The van der Waals surface area contributed by atoms with Gasteiger partial charge in [-0.2, -0.15) is 0 Å². The van der Waals surface area contributed by atoms with Gasteiger partial charge in [0, 0.05) is 37.0 Å². The van der Waals surface area contributed by atoms with E-state index >= 15 is 0 Å². The summed E-state index contributed by atoms with van der Waals surface area (Å²) in [7, 11) is 1.73. The molecule has 21 heavy (non-hydrogen) atoms. The Labute approximate surface area is 127 Å². The number of aromatic nitrogens is 1. The van der Waals surface area contributed by atoms with Gasteiger partial charge < -0.3 is 10.1 Å². The summed E-state index contributed by atoms with van der Waals surface area (Å²) in [6.45, 7) is 6.57. The molecule has 2 fully saturated rings. The van der Waals surface area contributed by atoms with Crippen molar-refractivity contribution in [3.63, 3.8) is 0 Å². The maximum atomic E-state index is 5.37. The molecule has 0 spiro atoms. The molecule has 2 aliphatic rings. The Kier molecular flexibility index (Phi) is 4.76. The number of aryl methyl sites for hydroxylation is 1. The van der Waals surface area contributed by atoms with Crippen LogP contribution < -0.4 is 10.1 Å². The zero-order valence-corrected chi connectivity index (χ0v) is 13.3. The van der Waals surface area contributed by atoms with E-state index in [4.69, 9.17) is 4.74 Å². The van der Waals surface area contributed by atoms with E-state index in [0.29, 0.717) is 0 Å². The van der Waals surface area contributed by atoms with E-state index in [-0.39, 0.29) is 0 Å². The summed E-state index contributed by atoms with van der Waals surface area (Å²) in [5.74, 6) is 1.72. The fourth-order valence-electron chi connectivity index (χ4n) is 3.30. The number of hydrogen-bond acceptors (Lipinski definition) is 4. The predicted octanol–water partition coefficient (Wildman–Crippen LogP) is 2.36. The van der Waals surface area contributed by atoms with Crippen LogP contribution in [0.2, 0.25) is 0 Å². The highest BCUT2D eigenvalue weighted by atomic mass is 16.5. The van der Waals surface area contributed by atoms with E-state index in [1.165, 1.54) is 45.3 Å². The molecular formula is C17H27N3O. The number of rotatable bonds is 6. The molecular weight excluding hydrogens is 262 g/mol. The maximum Gasteiger partial charge on any atom is 0.122 e. The van der Waals surface area contributed by atoms with Crippen molar-refractivity contribution in [1.29, 1.82) is 0 Å². The van der Waals surface area contributed by atoms with E-state index in [9.17, 15) is 0 Å². The first kappa shape index (κ1) is 14.8. The van der Waals surface area contributed by atoms with Gasteiger partial charge in [-0.25, -0.2) is 0 Å². The van der Waals surface area contributed by atoms with E-state index < -0.39 is 0 Å². The summed E-state index contributed by atoms with van der Waals surface area (Å²) in [5, 5.41) is 3.53. The highest BCUT2D eigenvalue weighted by molar-refractivity contribution is 5.26. The molecule has 3 rings (SSSR count). The molecule has 0 radical (unpaired) electrons. The second-order valence-corrected chi connectivity index (χ2v) is 6.51. The van der Waals surface area contributed by atoms with Gasteiger partial charge in [-0.1, -0.05) is 0 Å². The van der Waals surface area contributed by atoms with E-state index in [1.807, 2.05) is 13.0 Å². The first-order valence-electron chi connectivity index (χ1n) is 8.21. The molecule has 1 aromatic rings. The molecule has 1 saturated heterocycles. The Morgan fingerprint density at radius 2 is 2.19 bits per heavy atom. The van der Waals surface area contributed by atoms with Gasteiger partial charge in [-0.05, 0) is 51.6 Å². The van der Waals surface area contributed by atoms with E-state index in [1.54, 1.807) is 7.11 Å². The molecule has 1 unspecified atom stereocenters. The number of nitrogens with zero attached hydrogens (tertiary/aromatic N) is 2. The van der Waals surface area contributed by atoms with Crippen molar-refractivity contribution < 1.29 is 4.74 Å². The smallest absolute Gasteiger partial charge is 0.122 e. The van der Waals surface area contributed by atoms with Crippen LogP contribution in [0, 0.1) is 12.8 Å². The highest BCUT2D eigenvalue weighted by Crippen LogP contribution is 2.30. The van der Waals surface area contributed by atoms with Gasteiger partial charge in [-0.15, -0.1) is 0 Å². The van der Waals surface area contributed by atoms with Crippen molar-refractivity contribution in [3.05, 3.63) is 23.5 Å². The lowest BCUT2D eigenvalue weighted by Gasteiger charge is -2.30. The minimum absolute atomic E-state index is 0.778. The van der Waals surface area contributed by atoms with Crippen LogP contribution in [0.4, 0.5) is 0 Å². The molecule has 0 aromatic carbocycles. The molecule has 1 atom stereocenters. The van der Waals surface area contributed by atoms with Crippen LogP contribution in [0.5, 0.6) is 5.75 Å². The third-order valence-electron chi connectivity index (χ3n) is 4.54. The van der Waals surface area contributed by atoms with Crippen LogP contribution in [0.3, 0.4) is 0 Å². The van der Waals surface area contributed by atoms with Gasteiger partial charge in [0.15, 0.2) is 0 Å². The molecule has 4 heteroatoms. The van der Waals surface area contributed by atoms with Gasteiger partial charge in [-0.3, -0.25) is 9.88 Å². The van der Waals surface area contributed by atoms with Crippen molar-refractivity contribution in [2.75, 3.05) is 26.7 Å². The largest absolute Gasteiger partial charge is 0.497 e. The summed E-state index contributed by atoms with van der Waals surface area (Å²) in [4.78, 5) is 7.33. The molecule has 2 heterocycles. The first-order valence-corrected chi connectivity index (χ1v) is 8.21. The second-order valence-electron chi connectivity index (χ2n) is 6.51. The molecule has 1 aliphatic heterocycles. The number of nitrogens with one attached hydrogen (secondary N) is 1. The lowest BCUT2D eigenvalue weighted by Crippen LogP contribution is -2.39. The number of hydrogen-bond donors (Lipinski definition) is 1. The summed E-state index contributed by atoms with van der Waals surface area (Å²) < 4.78 is 5.37. The average Bonchev–Trinajstić information content (AvgIpc) is 3.31. The number of ether oxygens (including phenoxy) is 1. The van der Waals surface area contributed by atoms with Crippen molar-refractivity contribution in [2.45, 2.75) is 45.2 Å². The summed E-state index contributed by atoms with van der Waals surface area (Å²) >= 11 is 0. The van der Waals surface area contributed by atoms with Crippen molar-refractivity contribution >= 4 is 0 Å². The third-order valence-corrected chi connectivity index (χ3v) is 4.54. The number of methoxy groups -OCH3 is 1. The zero-order valence-electron chi connectivity index (χ0n) is 13.3. The van der Waals surface area contributed by atoms with Gasteiger partial charge >= 0.3 is 0 Å². The molecule has 4 nitrogen and oxygen atoms in total. The lowest BCUT2D eigenvalue weighted by molar-refractivity contribution is 0.190. The summed E-state index contributed by atoms with van der Waals surface area (Å²) in [5.41, 5.74) is 2.18. The molecule has 1 N–H and O–H groups in total. The molecule has 0 amide bonds. The van der Waals surface area contributed by atoms with Crippen LogP contribution in [-0.4, -0.2) is 42.7 Å². The minimum Gasteiger partial charge on any atom is -0.497 e. The normalized spacial score (nSPS) is 22.5. The minimum atomic E-state index is 0.778. The zero-order chi connectivity index (χ0) is 14.7. The van der Waals surface area contributed by atoms with Crippen LogP contribution in [0.1, 0.15) is 37.1 Å². The van der Waals surface area contributed by atoms with Crippen LogP contribution in [0.25, 0.3) is 0 Å². The van der Waals surface area contributed by atoms with E-state index in [2.05, 4.69) is 21.3 Å². The van der Waals surface area contributed by atoms with Gasteiger partial charge in [0.2, 0.25) is 0 Å². The average molecular weight is 289 g/mol. The Morgan fingerprint density at radius 1 is 1.33 bits per heavy atom. The quantitative estimate of drug-likeness (QED) is 0.872. The van der Waals surface area contributed by atoms with Gasteiger partial charge in [0.1, 0.15) is 5.75 Å². The van der Waals surface area contributed by atoms with Crippen molar-refractivity contribution in [3.8, 4) is 5.75 Å². The fourth-order valence-corrected chi connectivity index (χ4v) is 3.30. The van der Waals surface area contributed by atoms with Crippen molar-refractivity contribution in [2.24, 2.45) is 5.92 Å². The van der Waals surface area contributed by atoms with Gasteiger partial charge in [0.25, 0.3) is 0 Å². The Balaban J connectivity index is 1.65. The van der Waals surface area contributed by atoms with Crippen LogP contribution in [-0.2, 0) is 6.54 Å². The monoisotopic (exact) mass is 289 g/mol. The van der Waals surface area contributed by atoms with Gasteiger partial charge in [0.05, 0.1) is 12.8 Å². The maximum absolute atomic E-state index is 5.37. The second kappa shape index (κ2) is 6.75. The Bertz CT molecular complexity index is 467. The standard InChI is InChI=1S/C17H27N3O/c1-13-8-17(21-2)9-15(19-13)12-20(16-5-6-16)11-14-4-3-7-18-10-14/h8-9,14,16,18H,3-7,10-12H2,1-2H3. The number of piperidine rings is 1. The molecule has 1 aromatic heterocycles. The van der Waals surface area contributed by atoms with Crippen LogP contribution >= 0.6 is 0 Å². The first-order chi connectivity index (χ1) is 10.2.